The molecule has 0 spiro atoms. The van der Waals surface area contributed by atoms with Crippen molar-refractivity contribution >= 4 is 18.6 Å². The van der Waals surface area contributed by atoms with Crippen LogP contribution in [0, 0.1) is 20.8 Å². The molecule has 0 aliphatic rings. The molecule has 0 saturated heterocycles. The van der Waals surface area contributed by atoms with Crippen LogP contribution >= 0.6 is 12.6 Å². The van der Waals surface area contributed by atoms with Gasteiger partial charge in [-0.3, -0.25) is 4.79 Å². The van der Waals surface area contributed by atoms with Crippen LogP contribution in [0.5, 0.6) is 0 Å². The van der Waals surface area contributed by atoms with Gasteiger partial charge in [0.15, 0.2) is 0 Å². The molecule has 0 aliphatic carbocycles. The number of carbonyl (C=O) groups is 1. The van der Waals surface area contributed by atoms with Gasteiger partial charge in [-0.25, -0.2) is 0 Å². The van der Waals surface area contributed by atoms with Gasteiger partial charge >= 0.3 is 5.97 Å². The van der Waals surface area contributed by atoms with Crippen LogP contribution in [0.25, 0.3) is 0 Å². The number of thiol groups is 1. The van der Waals surface area contributed by atoms with Gasteiger partial charge in [0, 0.05) is 0 Å². The second kappa shape index (κ2) is 4.05. The Balaban J connectivity index is 3.27. The van der Waals surface area contributed by atoms with Gasteiger partial charge in [0.25, 0.3) is 0 Å². The molecular weight excluding hydrogens is 196 g/mol. The van der Waals surface area contributed by atoms with Gasteiger partial charge in [0.1, 0.15) is 5.25 Å². The van der Waals surface area contributed by atoms with Gasteiger partial charge in [-0.1, -0.05) is 17.7 Å². The van der Waals surface area contributed by atoms with Crippen LogP contribution in [-0.2, 0) is 4.79 Å². The Bertz CT molecular complexity index is 349. The minimum absolute atomic E-state index is 0.726. The number of carboxylic acid groups (broad SMARTS) is 1. The normalized spacial score (nSPS) is 12.6. The van der Waals surface area contributed by atoms with Crippen LogP contribution in [0.15, 0.2) is 12.1 Å². The van der Waals surface area contributed by atoms with Crippen molar-refractivity contribution in [3.05, 3.63) is 34.4 Å². The topological polar surface area (TPSA) is 37.3 Å². The second-order valence-corrected chi connectivity index (χ2v) is 4.07. The van der Waals surface area contributed by atoms with Gasteiger partial charge in [0.2, 0.25) is 0 Å². The van der Waals surface area contributed by atoms with Gasteiger partial charge in [-0.2, -0.15) is 12.6 Å². The molecule has 2 nitrogen and oxygen atoms in total. The summed E-state index contributed by atoms with van der Waals surface area (Å²) in [6.45, 7) is 5.83. The standard InChI is InChI=1S/C11H14O2S/c1-6-4-7(2)9(8(3)5-6)10(14)11(12)13/h4-5,10,14H,1-3H3,(H,12,13). The molecule has 0 fully saturated rings. The van der Waals surface area contributed by atoms with E-state index in [1.807, 2.05) is 32.9 Å². The fourth-order valence-corrected chi connectivity index (χ4v) is 2.15. The van der Waals surface area contributed by atoms with E-state index in [4.69, 9.17) is 5.11 Å². The number of hydrogen-bond donors (Lipinski definition) is 2. The largest absolute Gasteiger partial charge is 0.480 e. The van der Waals surface area contributed by atoms with Crippen LogP contribution in [0.1, 0.15) is 27.5 Å². The van der Waals surface area contributed by atoms with E-state index in [1.165, 1.54) is 0 Å². The van der Waals surface area contributed by atoms with E-state index < -0.39 is 11.2 Å². The molecule has 0 aliphatic heterocycles. The molecule has 1 aromatic rings. The molecule has 14 heavy (non-hydrogen) atoms. The molecule has 1 rings (SSSR count). The van der Waals surface area contributed by atoms with E-state index in [0.717, 1.165) is 22.3 Å². The lowest BCUT2D eigenvalue weighted by atomic mass is 9.97. The van der Waals surface area contributed by atoms with E-state index in [9.17, 15) is 4.79 Å². The average Bonchev–Trinajstić information content (AvgIpc) is 2.01. The van der Waals surface area contributed by atoms with Crippen LogP contribution in [0.2, 0.25) is 0 Å². The maximum atomic E-state index is 10.8. The molecule has 1 N–H and O–H groups in total. The fraction of sp³-hybridized carbons (Fsp3) is 0.364. The molecule has 0 amide bonds. The van der Waals surface area contributed by atoms with E-state index in [-0.39, 0.29) is 0 Å². The van der Waals surface area contributed by atoms with E-state index in [2.05, 4.69) is 12.6 Å². The summed E-state index contributed by atoms with van der Waals surface area (Å²) < 4.78 is 0. The van der Waals surface area contributed by atoms with E-state index in [0.29, 0.717) is 0 Å². The molecule has 0 saturated carbocycles. The minimum Gasteiger partial charge on any atom is -0.480 e. The number of hydrogen-bond acceptors (Lipinski definition) is 2. The monoisotopic (exact) mass is 210 g/mol. The van der Waals surface area contributed by atoms with E-state index in [1.54, 1.807) is 0 Å². The Hall–Kier alpha value is -0.960. The number of aryl methyl sites for hydroxylation is 3. The first-order chi connectivity index (χ1) is 6.43. The first-order valence-electron chi connectivity index (χ1n) is 4.42. The van der Waals surface area contributed by atoms with Crippen molar-refractivity contribution < 1.29 is 9.90 Å². The lowest BCUT2D eigenvalue weighted by molar-refractivity contribution is -0.136. The smallest absolute Gasteiger partial charge is 0.320 e. The van der Waals surface area contributed by atoms with Crippen molar-refractivity contribution in [2.45, 2.75) is 26.0 Å². The average molecular weight is 210 g/mol. The van der Waals surface area contributed by atoms with Crippen molar-refractivity contribution in [3.8, 4) is 0 Å². The Morgan fingerprint density at radius 1 is 1.29 bits per heavy atom. The zero-order valence-corrected chi connectivity index (χ0v) is 9.43. The lowest BCUT2D eigenvalue weighted by Gasteiger charge is -2.14. The first kappa shape index (κ1) is 11.1. The van der Waals surface area contributed by atoms with Crippen molar-refractivity contribution in [2.75, 3.05) is 0 Å². The van der Waals surface area contributed by atoms with Crippen molar-refractivity contribution in [1.82, 2.24) is 0 Å². The van der Waals surface area contributed by atoms with Crippen molar-refractivity contribution in [1.29, 1.82) is 0 Å². The molecule has 3 heteroatoms. The quantitative estimate of drug-likeness (QED) is 0.736. The van der Waals surface area contributed by atoms with Gasteiger partial charge in [0.05, 0.1) is 0 Å². The maximum absolute atomic E-state index is 10.8. The Labute approximate surface area is 89.4 Å². The predicted octanol–water partition coefficient (Wildman–Crippen LogP) is 2.67. The molecule has 1 aromatic carbocycles. The highest BCUT2D eigenvalue weighted by atomic mass is 32.1. The van der Waals surface area contributed by atoms with Crippen molar-refractivity contribution in [2.24, 2.45) is 0 Å². The Morgan fingerprint density at radius 2 is 1.71 bits per heavy atom. The number of benzene rings is 1. The summed E-state index contributed by atoms with van der Waals surface area (Å²) in [4.78, 5) is 10.8. The Kier molecular flexibility index (Phi) is 3.21. The minimum atomic E-state index is -0.900. The molecule has 0 heterocycles. The molecular formula is C11H14O2S. The van der Waals surface area contributed by atoms with Crippen LogP contribution in [-0.4, -0.2) is 11.1 Å². The van der Waals surface area contributed by atoms with Gasteiger partial charge in [-0.15, -0.1) is 0 Å². The lowest BCUT2D eigenvalue weighted by Crippen LogP contribution is -2.08. The highest BCUT2D eigenvalue weighted by Crippen LogP contribution is 2.27. The van der Waals surface area contributed by atoms with Crippen LogP contribution in [0.4, 0.5) is 0 Å². The number of carboxylic acids is 1. The molecule has 1 unspecified atom stereocenters. The van der Waals surface area contributed by atoms with Gasteiger partial charge < -0.3 is 5.11 Å². The van der Waals surface area contributed by atoms with Crippen molar-refractivity contribution in [3.63, 3.8) is 0 Å². The van der Waals surface area contributed by atoms with Gasteiger partial charge in [-0.05, 0) is 37.5 Å². The highest BCUT2D eigenvalue weighted by molar-refractivity contribution is 7.81. The second-order valence-electron chi connectivity index (χ2n) is 3.55. The molecule has 1 atom stereocenters. The Morgan fingerprint density at radius 3 is 2.07 bits per heavy atom. The summed E-state index contributed by atoms with van der Waals surface area (Å²) >= 11 is 4.09. The molecule has 0 radical (unpaired) electrons. The number of rotatable bonds is 2. The molecule has 0 bridgehead atoms. The maximum Gasteiger partial charge on any atom is 0.320 e. The molecule has 76 valence electrons. The zero-order valence-electron chi connectivity index (χ0n) is 8.53. The van der Waals surface area contributed by atoms with E-state index >= 15 is 0 Å². The summed E-state index contributed by atoms with van der Waals surface area (Å²) in [5, 5.41) is 8.15. The summed E-state index contributed by atoms with van der Waals surface area (Å²) in [6, 6.07) is 3.96. The summed E-state index contributed by atoms with van der Waals surface area (Å²) in [5.41, 5.74) is 3.94. The predicted molar refractivity (Wildman–Crippen MR) is 60.0 cm³/mol. The first-order valence-corrected chi connectivity index (χ1v) is 4.93. The summed E-state index contributed by atoms with van der Waals surface area (Å²) in [5.74, 6) is -0.900. The fourth-order valence-electron chi connectivity index (χ4n) is 1.75. The molecule has 0 aromatic heterocycles. The SMILES string of the molecule is Cc1cc(C)c(C(S)C(=O)O)c(C)c1. The van der Waals surface area contributed by atoms with Crippen LogP contribution < -0.4 is 0 Å². The summed E-state index contributed by atoms with van der Waals surface area (Å²) in [6.07, 6.45) is 0. The number of aliphatic carboxylic acids is 1. The highest BCUT2D eigenvalue weighted by Gasteiger charge is 2.19. The summed E-state index contributed by atoms with van der Waals surface area (Å²) in [7, 11) is 0. The third-order valence-corrected chi connectivity index (χ3v) is 2.72. The van der Waals surface area contributed by atoms with Crippen LogP contribution in [0.3, 0.4) is 0 Å². The zero-order chi connectivity index (χ0) is 10.9. The third kappa shape index (κ3) is 2.10. The third-order valence-electron chi connectivity index (χ3n) is 2.25.